The van der Waals surface area contributed by atoms with Crippen molar-refractivity contribution in [3.05, 3.63) is 0 Å². The van der Waals surface area contributed by atoms with Gasteiger partial charge in [-0.2, -0.15) is 0 Å². The summed E-state index contributed by atoms with van der Waals surface area (Å²) in [6, 6.07) is 0.501. The molecule has 2 unspecified atom stereocenters. The lowest BCUT2D eigenvalue weighted by Crippen LogP contribution is -2.38. The highest BCUT2D eigenvalue weighted by atomic mass is 16.2. The number of rotatable bonds is 3. The zero-order valence-corrected chi connectivity index (χ0v) is 9.98. The van der Waals surface area contributed by atoms with Gasteiger partial charge in [-0.05, 0) is 31.7 Å². The molecule has 2 saturated heterocycles. The topological polar surface area (TPSA) is 35.6 Å². The molecule has 0 aromatic heterocycles. The molecule has 0 bridgehead atoms. The van der Waals surface area contributed by atoms with Crippen LogP contribution in [-0.4, -0.2) is 61.5 Å². The Morgan fingerprint density at radius 3 is 2.38 bits per heavy atom. The Morgan fingerprint density at radius 1 is 1.19 bits per heavy atom. The van der Waals surface area contributed by atoms with Crippen LogP contribution in [0.25, 0.3) is 0 Å². The van der Waals surface area contributed by atoms with Gasteiger partial charge in [0.25, 0.3) is 0 Å². The third kappa shape index (κ3) is 2.23. The van der Waals surface area contributed by atoms with Crippen LogP contribution < -0.4 is 5.32 Å². The molecule has 4 heteroatoms. The smallest absolute Gasteiger partial charge is 0.234 e. The summed E-state index contributed by atoms with van der Waals surface area (Å²) in [5, 5.41) is 3.06. The van der Waals surface area contributed by atoms with Crippen LogP contribution >= 0.6 is 0 Å². The van der Waals surface area contributed by atoms with Crippen molar-refractivity contribution >= 4 is 5.91 Å². The Balaban J connectivity index is 1.45. The monoisotopic (exact) mass is 223 g/mol. The van der Waals surface area contributed by atoms with E-state index in [4.69, 9.17) is 0 Å². The highest BCUT2D eigenvalue weighted by molar-refractivity contribution is 5.78. The quantitative estimate of drug-likeness (QED) is 0.717. The summed E-state index contributed by atoms with van der Waals surface area (Å²) in [7, 11) is 2.20. The molecule has 0 aromatic rings. The van der Waals surface area contributed by atoms with E-state index in [1.165, 1.54) is 25.9 Å². The van der Waals surface area contributed by atoms with Crippen LogP contribution in [0.5, 0.6) is 0 Å². The van der Waals surface area contributed by atoms with Gasteiger partial charge in [-0.25, -0.2) is 0 Å². The molecular weight excluding hydrogens is 202 g/mol. The lowest BCUT2D eigenvalue weighted by Gasteiger charge is -2.18. The van der Waals surface area contributed by atoms with Gasteiger partial charge < -0.3 is 10.2 Å². The molecule has 3 rings (SSSR count). The lowest BCUT2D eigenvalue weighted by molar-refractivity contribution is -0.122. The molecule has 0 spiro atoms. The number of carbonyl (C=O) groups is 1. The molecule has 4 nitrogen and oxygen atoms in total. The van der Waals surface area contributed by atoms with Crippen LogP contribution in [0.1, 0.15) is 12.8 Å². The SMILES string of the molecule is CN1CC2CN(CC(=O)NC3CC3)CC2C1. The molecule has 1 aliphatic carbocycles. The average Bonchev–Trinajstić information content (AvgIpc) is 2.81. The number of hydrogen-bond donors (Lipinski definition) is 1. The molecule has 2 atom stereocenters. The van der Waals surface area contributed by atoms with Gasteiger partial charge >= 0.3 is 0 Å². The molecule has 3 fully saturated rings. The zero-order valence-electron chi connectivity index (χ0n) is 9.98. The molecule has 16 heavy (non-hydrogen) atoms. The Kier molecular flexibility index (Phi) is 2.64. The van der Waals surface area contributed by atoms with E-state index in [2.05, 4.69) is 22.2 Å². The van der Waals surface area contributed by atoms with E-state index in [1.54, 1.807) is 0 Å². The predicted molar refractivity (Wildman–Crippen MR) is 62.1 cm³/mol. The normalized spacial score (nSPS) is 35.3. The summed E-state index contributed by atoms with van der Waals surface area (Å²) in [5.74, 6) is 1.84. The van der Waals surface area contributed by atoms with Crippen LogP contribution in [-0.2, 0) is 4.79 Å². The van der Waals surface area contributed by atoms with Crippen molar-refractivity contribution in [1.82, 2.24) is 15.1 Å². The molecule has 2 aliphatic heterocycles. The molecule has 0 aromatic carbocycles. The van der Waals surface area contributed by atoms with Crippen molar-refractivity contribution in [2.45, 2.75) is 18.9 Å². The highest BCUT2D eigenvalue weighted by Gasteiger charge is 2.39. The van der Waals surface area contributed by atoms with Gasteiger partial charge in [-0.1, -0.05) is 0 Å². The Morgan fingerprint density at radius 2 is 1.81 bits per heavy atom. The van der Waals surface area contributed by atoms with Crippen molar-refractivity contribution in [2.24, 2.45) is 11.8 Å². The first kappa shape index (κ1) is 10.5. The van der Waals surface area contributed by atoms with E-state index in [1.807, 2.05) is 0 Å². The van der Waals surface area contributed by atoms with Gasteiger partial charge in [-0.15, -0.1) is 0 Å². The van der Waals surface area contributed by atoms with Crippen LogP contribution in [0.3, 0.4) is 0 Å². The fourth-order valence-electron chi connectivity index (χ4n) is 3.16. The minimum atomic E-state index is 0.232. The van der Waals surface area contributed by atoms with E-state index in [-0.39, 0.29) is 5.91 Å². The standard InChI is InChI=1S/C12H21N3O/c1-14-4-9-6-15(7-10(9)5-14)8-12(16)13-11-2-3-11/h9-11H,2-8H2,1H3,(H,13,16). The molecule has 0 radical (unpaired) electrons. The molecule has 1 N–H and O–H groups in total. The summed E-state index contributed by atoms with van der Waals surface area (Å²) in [4.78, 5) is 16.4. The van der Waals surface area contributed by atoms with Gasteiger partial charge in [0.05, 0.1) is 6.54 Å². The fraction of sp³-hybridized carbons (Fsp3) is 0.917. The number of nitrogens with zero attached hydrogens (tertiary/aromatic N) is 2. The number of amides is 1. The molecular formula is C12H21N3O. The summed E-state index contributed by atoms with van der Waals surface area (Å²) in [5.41, 5.74) is 0. The highest BCUT2D eigenvalue weighted by Crippen LogP contribution is 2.29. The first-order chi connectivity index (χ1) is 7.70. The Hall–Kier alpha value is -0.610. The average molecular weight is 223 g/mol. The van der Waals surface area contributed by atoms with Crippen LogP contribution in [0, 0.1) is 11.8 Å². The summed E-state index contributed by atoms with van der Waals surface area (Å²) >= 11 is 0. The molecule has 1 saturated carbocycles. The van der Waals surface area contributed by atoms with E-state index in [0.29, 0.717) is 12.6 Å². The summed E-state index contributed by atoms with van der Waals surface area (Å²) in [6.07, 6.45) is 2.36. The molecule has 1 amide bonds. The van der Waals surface area contributed by atoms with E-state index < -0.39 is 0 Å². The van der Waals surface area contributed by atoms with Crippen molar-refractivity contribution < 1.29 is 4.79 Å². The first-order valence-electron chi connectivity index (χ1n) is 6.41. The lowest BCUT2D eigenvalue weighted by atomic mass is 10.0. The second kappa shape index (κ2) is 4.00. The third-order valence-corrected chi connectivity index (χ3v) is 4.05. The van der Waals surface area contributed by atoms with E-state index in [9.17, 15) is 4.79 Å². The second-order valence-corrected chi connectivity index (χ2v) is 5.78. The van der Waals surface area contributed by atoms with Crippen LogP contribution in [0.2, 0.25) is 0 Å². The largest absolute Gasteiger partial charge is 0.352 e. The van der Waals surface area contributed by atoms with Crippen molar-refractivity contribution in [1.29, 1.82) is 0 Å². The van der Waals surface area contributed by atoms with Crippen molar-refractivity contribution in [2.75, 3.05) is 39.8 Å². The number of carbonyl (C=O) groups excluding carboxylic acids is 1. The van der Waals surface area contributed by atoms with Gasteiger partial charge in [0.2, 0.25) is 5.91 Å². The maximum absolute atomic E-state index is 11.7. The first-order valence-corrected chi connectivity index (χ1v) is 6.41. The predicted octanol–water partition coefficient (Wildman–Crippen LogP) is -0.242. The number of hydrogen-bond acceptors (Lipinski definition) is 3. The van der Waals surface area contributed by atoms with Crippen molar-refractivity contribution in [3.63, 3.8) is 0 Å². The van der Waals surface area contributed by atoms with Gasteiger partial charge in [0.15, 0.2) is 0 Å². The maximum atomic E-state index is 11.7. The van der Waals surface area contributed by atoms with Crippen LogP contribution in [0.4, 0.5) is 0 Å². The maximum Gasteiger partial charge on any atom is 0.234 e. The third-order valence-electron chi connectivity index (χ3n) is 4.05. The van der Waals surface area contributed by atoms with Crippen LogP contribution in [0.15, 0.2) is 0 Å². The minimum absolute atomic E-state index is 0.232. The van der Waals surface area contributed by atoms with E-state index >= 15 is 0 Å². The number of fused-ring (bicyclic) bond motifs is 1. The van der Waals surface area contributed by atoms with Gasteiger partial charge in [-0.3, -0.25) is 9.69 Å². The number of likely N-dealkylation sites (tertiary alicyclic amines) is 2. The molecule has 90 valence electrons. The Bertz CT molecular complexity index is 276. The summed E-state index contributed by atoms with van der Waals surface area (Å²) in [6.45, 7) is 5.28. The van der Waals surface area contributed by atoms with Gasteiger partial charge in [0, 0.05) is 32.2 Å². The van der Waals surface area contributed by atoms with E-state index in [0.717, 1.165) is 24.9 Å². The zero-order chi connectivity index (χ0) is 11.1. The summed E-state index contributed by atoms with van der Waals surface area (Å²) < 4.78 is 0. The van der Waals surface area contributed by atoms with Gasteiger partial charge in [0.1, 0.15) is 0 Å². The minimum Gasteiger partial charge on any atom is -0.352 e. The Labute approximate surface area is 97.0 Å². The second-order valence-electron chi connectivity index (χ2n) is 5.78. The molecule has 3 aliphatic rings. The number of nitrogens with one attached hydrogen (secondary N) is 1. The fourth-order valence-corrected chi connectivity index (χ4v) is 3.16. The molecule has 2 heterocycles. The van der Waals surface area contributed by atoms with Crippen molar-refractivity contribution in [3.8, 4) is 0 Å².